The largest absolute Gasteiger partial charge is 0.397 e. The summed E-state index contributed by atoms with van der Waals surface area (Å²) in [5.74, 6) is 0. The molecule has 0 unspecified atom stereocenters. The van der Waals surface area contributed by atoms with Gasteiger partial charge in [0.2, 0.25) is 0 Å². The van der Waals surface area contributed by atoms with Crippen LogP contribution in [0, 0.1) is 0 Å². The van der Waals surface area contributed by atoms with Crippen LogP contribution in [0.15, 0.2) is 0 Å². The predicted octanol–water partition coefficient (Wildman–Crippen LogP) is 3.35. The summed E-state index contributed by atoms with van der Waals surface area (Å²) >= 11 is 0. The molecule has 0 aromatic heterocycles. The molecule has 0 aliphatic heterocycles. The van der Waals surface area contributed by atoms with Crippen molar-refractivity contribution in [1.82, 2.24) is 0 Å². The quantitative estimate of drug-likeness (QED) is 0.495. The molecule has 0 aromatic carbocycles. The Bertz CT molecular complexity index is 142. The van der Waals surface area contributed by atoms with Gasteiger partial charge < -0.3 is 4.74 Å². The SMILES string of the molecule is CCCCOC(F)(F)CC(F)(F)F. The topological polar surface area (TPSA) is 9.23 Å². The molecule has 0 aliphatic carbocycles. The van der Waals surface area contributed by atoms with Gasteiger partial charge in [-0.25, -0.2) is 0 Å². The van der Waals surface area contributed by atoms with Gasteiger partial charge in [-0.2, -0.15) is 22.0 Å². The fourth-order valence-electron chi connectivity index (χ4n) is 0.650. The molecule has 0 bridgehead atoms. The fraction of sp³-hybridized carbons (Fsp3) is 1.00. The van der Waals surface area contributed by atoms with Gasteiger partial charge in [0.1, 0.15) is 6.42 Å². The van der Waals surface area contributed by atoms with Crippen LogP contribution in [0.4, 0.5) is 22.0 Å². The van der Waals surface area contributed by atoms with Gasteiger partial charge in [-0.1, -0.05) is 13.3 Å². The molecule has 0 aromatic rings. The van der Waals surface area contributed by atoms with E-state index in [9.17, 15) is 22.0 Å². The van der Waals surface area contributed by atoms with Gasteiger partial charge in [-0.15, -0.1) is 0 Å². The highest BCUT2D eigenvalue weighted by Crippen LogP contribution is 2.32. The van der Waals surface area contributed by atoms with Crippen LogP contribution in [-0.4, -0.2) is 18.9 Å². The second-order valence-corrected chi connectivity index (χ2v) is 2.63. The Morgan fingerprint density at radius 3 is 2.00 bits per heavy atom. The van der Waals surface area contributed by atoms with Crippen molar-refractivity contribution >= 4 is 0 Å². The monoisotopic (exact) mass is 206 g/mol. The van der Waals surface area contributed by atoms with Gasteiger partial charge in [0.05, 0.1) is 6.61 Å². The highest BCUT2D eigenvalue weighted by atomic mass is 19.4. The summed E-state index contributed by atoms with van der Waals surface area (Å²) in [5.41, 5.74) is 0. The Morgan fingerprint density at radius 2 is 1.62 bits per heavy atom. The molecule has 0 spiro atoms. The van der Waals surface area contributed by atoms with E-state index in [1.54, 1.807) is 6.92 Å². The van der Waals surface area contributed by atoms with Crippen molar-refractivity contribution in [1.29, 1.82) is 0 Å². The molecule has 0 saturated heterocycles. The van der Waals surface area contributed by atoms with E-state index in [1.807, 2.05) is 0 Å². The average Bonchev–Trinajstić information content (AvgIpc) is 1.81. The molecule has 0 radical (unpaired) electrons. The molecule has 0 N–H and O–H groups in total. The molecule has 0 heterocycles. The third-order valence-corrected chi connectivity index (χ3v) is 1.22. The lowest BCUT2D eigenvalue weighted by molar-refractivity contribution is -0.292. The molecular formula is C7H11F5O. The van der Waals surface area contributed by atoms with Crippen LogP contribution in [0.5, 0.6) is 0 Å². The summed E-state index contributed by atoms with van der Waals surface area (Å²) in [6.07, 6.45) is -10.3. The lowest BCUT2D eigenvalue weighted by Crippen LogP contribution is -2.29. The molecule has 6 heteroatoms. The van der Waals surface area contributed by atoms with Crippen molar-refractivity contribution in [2.75, 3.05) is 6.61 Å². The van der Waals surface area contributed by atoms with E-state index in [-0.39, 0.29) is 6.61 Å². The number of hydrogen-bond acceptors (Lipinski definition) is 1. The maximum absolute atomic E-state index is 12.3. The van der Waals surface area contributed by atoms with E-state index in [0.29, 0.717) is 12.8 Å². The second-order valence-electron chi connectivity index (χ2n) is 2.63. The molecule has 0 atom stereocenters. The molecule has 0 rings (SSSR count). The number of halogens is 5. The van der Waals surface area contributed by atoms with Gasteiger partial charge in [0.15, 0.2) is 0 Å². The van der Waals surface area contributed by atoms with Crippen molar-refractivity contribution in [3.05, 3.63) is 0 Å². The van der Waals surface area contributed by atoms with Gasteiger partial charge >= 0.3 is 12.3 Å². The third-order valence-electron chi connectivity index (χ3n) is 1.22. The first-order chi connectivity index (χ1) is 5.77. The minimum atomic E-state index is -4.89. The van der Waals surface area contributed by atoms with E-state index in [1.165, 1.54) is 0 Å². The molecule has 13 heavy (non-hydrogen) atoms. The summed E-state index contributed by atoms with van der Waals surface area (Å²) in [6.45, 7) is 1.38. The first-order valence-electron chi connectivity index (χ1n) is 3.85. The standard InChI is InChI=1S/C7H11F5O/c1-2-3-4-13-7(11,12)5-6(8,9)10/h2-5H2,1H3. The highest BCUT2D eigenvalue weighted by Gasteiger charge is 2.44. The van der Waals surface area contributed by atoms with Crippen molar-refractivity contribution in [2.24, 2.45) is 0 Å². The summed E-state index contributed by atoms with van der Waals surface area (Å²) in [4.78, 5) is 0. The van der Waals surface area contributed by atoms with Gasteiger partial charge in [0, 0.05) is 0 Å². The normalized spacial score (nSPS) is 13.4. The van der Waals surface area contributed by atoms with Gasteiger partial charge in [0.25, 0.3) is 0 Å². The van der Waals surface area contributed by atoms with Crippen LogP contribution in [0.3, 0.4) is 0 Å². The van der Waals surface area contributed by atoms with Crippen LogP contribution >= 0.6 is 0 Å². The number of rotatable bonds is 5. The Balaban J connectivity index is 3.80. The maximum Gasteiger partial charge on any atom is 0.397 e. The Morgan fingerprint density at radius 1 is 1.08 bits per heavy atom. The van der Waals surface area contributed by atoms with Crippen LogP contribution in [0.1, 0.15) is 26.2 Å². The predicted molar refractivity (Wildman–Crippen MR) is 36.5 cm³/mol. The van der Waals surface area contributed by atoms with Crippen LogP contribution in [-0.2, 0) is 4.74 Å². The smallest absolute Gasteiger partial charge is 0.320 e. The Labute approximate surface area is 72.9 Å². The van der Waals surface area contributed by atoms with E-state index < -0.39 is 18.7 Å². The Kier molecular flexibility index (Phi) is 4.60. The van der Waals surface area contributed by atoms with Crippen molar-refractivity contribution in [3.63, 3.8) is 0 Å². The van der Waals surface area contributed by atoms with E-state index >= 15 is 0 Å². The zero-order valence-electron chi connectivity index (χ0n) is 7.13. The number of alkyl halides is 5. The second kappa shape index (κ2) is 4.74. The minimum absolute atomic E-state index is 0.327. The summed E-state index contributed by atoms with van der Waals surface area (Å²) < 4.78 is 62.9. The lowest BCUT2D eigenvalue weighted by Gasteiger charge is -2.17. The van der Waals surface area contributed by atoms with E-state index in [0.717, 1.165) is 0 Å². The highest BCUT2D eigenvalue weighted by molar-refractivity contribution is 4.60. The molecule has 0 fully saturated rings. The minimum Gasteiger partial charge on any atom is -0.320 e. The van der Waals surface area contributed by atoms with Gasteiger partial charge in [-0.3, -0.25) is 0 Å². The summed E-state index contributed by atoms with van der Waals surface area (Å²) in [7, 11) is 0. The Hall–Kier alpha value is -0.390. The molecule has 80 valence electrons. The summed E-state index contributed by atoms with van der Waals surface area (Å²) in [6, 6.07) is 0. The zero-order chi connectivity index (χ0) is 10.5. The average molecular weight is 206 g/mol. The number of hydrogen-bond donors (Lipinski definition) is 0. The lowest BCUT2D eigenvalue weighted by atomic mass is 10.3. The third kappa shape index (κ3) is 7.95. The van der Waals surface area contributed by atoms with Crippen LogP contribution in [0.2, 0.25) is 0 Å². The van der Waals surface area contributed by atoms with Gasteiger partial charge in [-0.05, 0) is 6.42 Å². The maximum atomic E-state index is 12.3. The first kappa shape index (κ1) is 12.6. The van der Waals surface area contributed by atoms with E-state index in [2.05, 4.69) is 4.74 Å². The fourth-order valence-corrected chi connectivity index (χ4v) is 0.650. The van der Waals surface area contributed by atoms with Crippen molar-refractivity contribution in [3.8, 4) is 0 Å². The van der Waals surface area contributed by atoms with Crippen LogP contribution in [0.25, 0.3) is 0 Å². The van der Waals surface area contributed by atoms with Crippen molar-refractivity contribution < 1.29 is 26.7 Å². The first-order valence-corrected chi connectivity index (χ1v) is 3.85. The van der Waals surface area contributed by atoms with Crippen LogP contribution < -0.4 is 0 Å². The molecule has 0 amide bonds. The molecule has 0 saturated carbocycles. The molecule has 0 aliphatic rings. The summed E-state index contributed by atoms with van der Waals surface area (Å²) in [5, 5.41) is 0. The van der Waals surface area contributed by atoms with Crippen molar-refractivity contribution in [2.45, 2.75) is 38.5 Å². The number of ether oxygens (including phenoxy) is 1. The molecular weight excluding hydrogens is 195 g/mol. The molecule has 1 nitrogen and oxygen atoms in total. The van der Waals surface area contributed by atoms with E-state index in [4.69, 9.17) is 0 Å². The number of unbranched alkanes of at least 4 members (excludes halogenated alkanes) is 1. The zero-order valence-corrected chi connectivity index (χ0v) is 7.13.